The van der Waals surface area contributed by atoms with E-state index in [-0.39, 0.29) is 22.4 Å². The third-order valence-electron chi connectivity index (χ3n) is 4.46. The number of nitrogens with two attached hydrogens (primary N) is 1. The maximum atomic E-state index is 12.8. The number of carbonyl (C=O) groups excluding carboxylic acids is 2. The highest BCUT2D eigenvalue weighted by atomic mass is 32.1. The Morgan fingerprint density at radius 1 is 1.45 bits per heavy atom. The van der Waals surface area contributed by atoms with Crippen molar-refractivity contribution in [3.05, 3.63) is 34.0 Å². The molecule has 0 bridgehead atoms. The molecule has 0 radical (unpaired) electrons. The molecule has 166 valence electrons. The molecular weight excluding hydrogens is 434 g/mol. The number of carbonyl (C=O) groups is 2. The zero-order valence-electron chi connectivity index (χ0n) is 16.6. The predicted octanol–water partition coefficient (Wildman–Crippen LogP) is -1.19. The normalized spacial score (nSPS) is 17.9. The lowest BCUT2D eigenvalue weighted by Crippen LogP contribution is -2.76. The van der Waals surface area contributed by atoms with E-state index in [1.807, 2.05) is 0 Å². The number of nitrogen functional groups attached to an aromatic ring is 1. The van der Waals surface area contributed by atoms with Gasteiger partial charge in [0.25, 0.3) is 11.8 Å². The van der Waals surface area contributed by atoms with Crippen LogP contribution in [0.4, 0.5) is 5.13 Å². The van der Waals surface area contributed by atoms with E-state index < -0.39 is 41.2 Å². The highest BCUT2D eigenvalue weighted by Gasteiger charge is 2.56. The first-order valence-electron chi connectivity index (χ1n) is 8.68. The number of hydrogen-bond donors (Lipinski definition) is 4. The number of hydroxylamine groups is 2. The van der Waals surface area contributed by atoms with Gasteiger partial charge in [0.15, 0.2) is 17.5 Å². The number of oxime groups is 1. The Bertz CT molecular complexity index is 1110. The van der Waals surface area contributed by atoms with Gasteiger partial charge in [0.2, 0.25) is 17.0 Å². The summed E-state index contributed by atoms with van der Waals surface area (Å²) in [7, 11) is 1.34. The van der Waals surface area contributed by atoms with Gasteiger partial charge in [-0.15, -0.1) is 0 Å². The first kappa shape index (κ1) is 22.0. The summed E-state index contributed by atoms with van der Waals surface area (Å²) in [6.45, 7) is 2.95. The second-order valence-electron chi connectivity index (χ2n) is 6.90. The van der Waals surface area contributed by atoms with Crippen molar-refractivity contribution in [1.29, 1.82) is 0 Å². The number of β-lactam (4-membered cyclic amide) rings is 1. The van der Waals surface area contributed by atoms with Gasteiger partial charge < -0.3 is 26.2 Å². The van der Waals surface area contributed by atoms with Crippen molar-refractivity contribution in [2.75, 3.05) is 12.8 Å². The lowest BCUT2D eigenvalue weighted by molar-refractivity contribution is -0.245. The number of amides is 2. The molecule has 15 heteroatoms. The second kappa shape index (κ2) is 8.19. The minimum atomic E-state index is -0.902. The Kier molecular flexibility index (Phi) is 5.81. The summed E-state index contributed by atoms with van der Waals surface area (Å²) < 4.78 is 4.39. The van der Waals surface area contributed by atoms with Gasteiger partial charge in [-0.05, 0) is 13.8 Å². The van der Waals surface area contributed by atoms with Crippen LogP contribution in [-0.2, 0) is 25.9 Å². The molecular formula is C16H19N7O7S. The van der Waals surface area contributed by atoms with Crippen LogP contribution in [0.3, 0.4) is 0 Å². The molecule has 3 heterocycles. The number of nitrogens with one attached hydrogen (secondary N) is 1. The van der Waals surface area contributed by atoms with Gasteiger partial charge in [-0.3, -0.25) is 19.2 Å². The molecule has 2 amide bonds. The standard InChI is InChI=1S/C16H19N7O7S/c1-16(2)11(14(27)23(16)29-3)18-13(26)10(12-19-15(17)31-21-12)20-30-6-7-4-8(24)9(25)5-22(7)28/h4-5,11,25,28H,6H2,1-3H3,(H,18,26)(H2,17,19,21)/b20-10-/t11-/m1/s1. The number of aromatic hydroxyl groups is 1. The molecule has 1 atom stereocenters. The SMILES string of the molecule is CON1C(=O)[C@@H](NC(=O)/C(=N\OCc2cc(=O)c(O)cn2O)c2nsc(N)n2)C1(C)C. The largest absolute Gasteiger partial charge is 0.503 e. The van der Waals surface area contributed by atoms with Crippen LogP contribution in [0.2, 0.25) is 0 Å². The fourth-order valence-corrected chi connectivity index (χ4v) is 3.29. The average molecular weight is 453 g/mol. The summed E-state index contributed by atoms with van der Waals surface area (Å²) in [6.07, 6.45) is 0.785. The van der Waals surface area contributed by atoms with Crippen LogP contribution in [0.25, 0.3) is 0 Å². The molecule has 31 heavy (non-hydrogen) atoms. The summed E-state index contributed by atoms with van der Waals surface area (Å²) in [4.78, 5) is 50.5. The third kappa shape index (κ3) is 4.13. The Morgan fingerprint density at radius 2 is 2.16 bits per heavy atom. The van der Waals surface area contributed by atoms with Crippen molar-refractivity contribution < 1.29 is 29.6 Å². The van der Waals surface area contributed by atoms with Crippen LogP contribution < -0.4 is 16.5 Å². The van der Waals surface area contributed by atoms with Gasteiger partial charge >= 0.3 is 0 Å². The van der Waals surface area contributed by atoms with Crippen molar-refractivity contribution in [2.45, 2.75) is 32.0 Å². The zero-order chi connectivity index (χ0) is 22.9. The van der Waals surface area contributed by atoms with E-state index in [2.05, 4.69) is 19.8 Å². The first-order chi connectivity index (χ1) is 14.6. The number of rotatable bonds is 7. The summed E-state index contributed by atoms with van der Waals surface area (Å²) in [5, 5.41) is 26.4. The number of aromatic nitrogens is 3. The van der Waals surface area contributed by atoms with E-state index in [1.165, 1.54) is 7.11 Å². The maximum absolute atomic E-state index is 12.8. The molecule has 1 fully saturated rings. The molecule has 1 aliphatic heterocycles. The third-order valence-corrected chi connectivity index (χ3v) is 5.00. The van der Waals surface area contributed by atoms with E-state index in [4.69, 9.17) is 15.4 Å². The number of nitrogens with zero attached hydrogens (tertiary/aromatic N) is 5. The Morgan fingerprint density at radius 3 is 2.74 bits per heavy atom. The van der Waals surface area contributed by atoms with Crippen molar-refractivity contribution >= 4 is 34.2 Å². The molecule has 14 nitrogen and oxygen atoms in total. The Hall–Kier alpha value is -3.72. The van der Waals surface area contributed by atoms with Crippen molar-refractivity contribution in [3.63, 3.8) is 0 Å². The minimum absolute atomic E-state index is 0.0527. The zero-order valence-corrected chi connectivity index (χ0v) is 17.4. The van der Waals surface area contributed by atoms with Crippen LogP contribution in [0.1, 0.15) is 25.4 Å². The molecule has 2 aromatic heterocycles. The topological polar surface area (TPSA) is 194 Å². The highest BCUT2D eigenvalue weighted by Crippen LogP contribution is 2.31. The molecule has 1 saturated heterocycles. The van der Waals surface area contributed by atoms with Gasteiger partial charge in [0, 0.05) is 17.6 Å². The summed E-state index contributed by atoms with van der Waals surface area (Å²) >= 11 is 0.821. The number of anilines is 1. The van der Waals surface area contributed by atoms with Crippen LogP contribution >= 0.6 is 11.5 Å². The quantitative estimate of drug-likeness (QED) is 0.171. The smallest absolute Gasteiger partial charge is 0.278 e. The van der Waals surface area contributed by atoms with Crippen molar-refractivity contribution in [3.8, 4) is 5.75 Å². The number of hydrogen-bond acceptors (Lipinski definition) is 12. The van der Waals surface area contributed by atoms with E-state index >= 15 is 0 Å². The molecule has 2 aromatic rings. The molecule has 3 rings (SSSR count). The summed E-state index contributed by atoms with van der Waals surface area (Å²) in [5.74, 6) is -2.07. The van der Waals surface area contributed by atoms with E-state index in [1.54, 1.807) is 13.8 Å². The maximum Gasteiger partial charge on any atom is 0.278 e. The fourth-order valence-electron chi connectivity index (χ4n) is 2.86. The van der Waals surface area contributed by atoms with Crippen molar-refractivity contribution in [1.82, 2.24) is 24.5 Å². The molecule has 0 unspecified atom stereocenters. The predicted molar refractivity (Wildman–Crippen MR) is 105 cm³/mol. The molecule has 0 aliphatic carbocycles. The Balaban J connectivity index is 1.81. The van der Waals surface area contributed by atoms with Gasteiger partial charge in [-0.2, -0.15) is 14.1 Å². The van der Waals surface area contributed by atoms with Gasteiger partial charge in [-0.25, -0.2) is 5.06 Å². The van der Waals surface area contributed by atoms with E-state index in [0.717, 1.165) is 28.9 Å². The van der Waals surface area contributed by atoms with Crippen LogP contribution in [0, 0.1) is 0 Å². The molecule has 0 saturated carbocycles. The highest BCUT2D eigenvalue weighted by molar-refractivity contribution is 7.09. The van der Waals surface area contributed by atoms with E-state index in [0.29, 0.717) is 4.73 Å². The summed E-state index contributed by atoms with van der Waals surface area (Å²) in [6, 6.07) is 0.0271. The lowest BCUT2D eigenvalue weighted by Gasteiger charge is -2.51. The minimum Gasteiger partial charge on any atom is -0.503 e. The van der Waals surface area contributed by atoms with Crippen LogP contribution in [-0.4, -0.2) is 65.7 Å². The van der Waals surface area contributed by atoms with Gasteiger partial charge in [-0.1, -0.05) is 5.16 Å². The fraction of sp³-hybridized carbons (Fsp3) is 0.375. The van der Waals surface area contributed by atoms with Gasteiger partial charge in [0.05, 0.1) is 18.8 Å². The lowest BCUT2D eigenvalue weighted by atomic mass is 9.84. The monoisotopic (exact) mass is 453 g/mol. The molecule has 0 aromatic carbocycles. The van der Waals surface area contributed by atoms with E-state index in [9.17, 15) is 24.7 Å². The summed E-state index contributed by atoms with van der Waals surface area (Å²) in [5.41, 5.74) is 3.58. The molecule has 1 aliphatic rings. The first-order valence-corrected chi connectivity index (χ1v) is 9.46. The van der Waals surface area contributed by atoms with Crippen molar-refractivity contribution in [2.24, 2.45) is 5.16 Å². The molecule has 5 N–H and O–H groups in total. The van der Waals surface area contributed by atoms with Crippen LogP contribution in [0.5, 0.6) is 5.75 Å². The molecule has 0 spiro atoms. The Labute approximate surface area is 178 Å². The number of pyridine rings is 1. The average Bonchev–Trinajstić information content (AvgIpc) is 3.13. The van der Waals surface area contributed by atoms with Crippen LogP contribution in [0.15, 0.2) is 22.2 Å². The second-order valence-corrected chi connectivity index (χ2v) is 7.69. The van der Waals surface area contributed by atoms with Gasteiger partial charge in [0.1, 0.15) is 11.7 Å².